The van der Waals surface area contributed by atoms with Crippen molar-refractivity contribution < 1.29 is 0 Å². The largest absolute Gasteiger partial charge is 0.278 e. The topological polar surface area (TPSA) is 30.7 Å². The number of benzene rings is 9. The van der Waals surface area contributed by atoms with Crippen molar-refractivity contribution in [2.24, 2.45) is 0 Å². The van der Waals surface area contributed by atoms with Gasteiger partial charge in [0.1, 0.15) is 0 Å². The second kappa shape index (κ2) is 11.1. The van der Waals surface area contributed by atoms with Crippen LogP contribution < -0.4 is 0 Å². The molecule has 13 rings (SSSR count). The van der Waals surface area contributed by atoms with Crippen LogP contribution in [0.15, 0.2) is 164 Å². The molecule has 0 radical (unpaired) electrons. The summed E-state index contributed by atoms with van der Waals surface area (Å²) in [7, 11) is 0. The molecule has 0 N–H and O–H groups in total. The Morgan fingerprint density at radius 3 is 1.89 bits per heavy atom. The van der Waals surface area contributed by atoms with Gasteiger partial charge >= 0.3 is 0 Å². The highest BCUT2D eigenvalue weighted by atomic mass is 32.1. The Morgan fingerprint density at radius 2 is 1.09 bits per heavy atom. The summed E-state index contributed by atoms with van der Waals surface area (Å²) in [6.07, 6.45) is 0. The van der Waals surface area contributed by atoms with Gasteiger partial charge in [-0.15, -0.1) is 11.3 Å². The van der Waals surface area contributed by atoms with Crippen LogP contribution in [0.25, 0.3) is 113 Å². The van der Waals surface area contributed by atoms with Gasteiger partial charge in [0.25, 0.3) is 0 Å². The van der Waals surface area contributed by atoms with Crippen LogP contribution in [0, 0.1) is 0 Å². The quantitative estimate of drug-likeness (QED) is 0.165. The van der Waals surface area contributed by atoms with Gasteiger partial charge in [0, 0.05) is 52.9 Å². The summed E-state index contributed by atoms with van der Waals surface area (Å²) in [6.45, 7) is 4.64. The minimum atomic E-state index is -0.334. The highest BCUT2D eigenvalue weighted by Crippen LogP contribution is 2.53. The van der Waals surface area contributed by atoms with E-state index in [4.69, 9.17) is 9.97 Å². The SMILES string of the molecule is CC1(C)c2ccccc2-c2c(-c3cccc4c3sc3ccccc34)nc(-n3c4cc5ccccc5cc4c4c5c6ccccc6c6ccccc6c5ccc43)nc21. The summed E-state index contributed by atoms with van der Waals surface area (Å²) >= 11 is 1.86. The highest BCUT2D eigenvalue weighted by Gasteiger charge is 2.40. The molecule has 0 unspecified atom stereocenters. The normalized spacial score (nSPS) is 13.6. The third kappa shape index (κ3) is 4.10. The lowest BCUT2D eigenvalue weighted by atomic mass is 9.85. The number of hydrogen-bond acceptors (Lipinski definition) is 3. The van der Waals surface area contributed by atoms with Gasteiger partial charge in [-0.25, -0.2) is 9.97 Å². The fourth-order valence-corrected chi connectivity index (χ4v) is 11.4. The van der Waals surface area contributed by atoms with E-state index in [1.54, 1.807) is 0 Å². The molecule has 0 aliphatic heterocycles. The number of fused-ring (bicyclic) bond motifs is 17. The molecule has 0 fully saturated rings. The van der Waals surface area contributed by atoms with Crippen LogP contribution in [0.3, 0.4) is 0 Å². The molecule has 3 heterocycles. The first-order chi connectivity index (χ1) is 28.0. The number of thiophene rings is 1. The van der Waals surface area contributed by atoms with Crippen LogP contribution in [0.1, 0.15) is 25.1 Å². The first-order valence-corrected chi connectivity index (χ1v) is 20.5. The predicted molar refractivity (Wildman–Crippen MR) is 242 cm³/mol. The average Bonchev–Trinajstić information content (AvgIpc) is 3.88. The first kappa shape index (κ1) is 31.3. The third-order valence-corrected chi connectivity index (χ3v) is 13.9. The molecule has 0 spiro atoms. The molecule has 3 nitrogen and oxygen atoms in total. The monoisotopic (exact) mass is 743 g/mol. The maximum Gasteiger partial charge on any atom is 0.235 e. The van der Waals surface area contributed by atoms with Gasteiger partial charge in [0.15, 0.2) is 0 Å². The Labute approximate surface area is 332 Å². The van der Waals surface area contributed by atoms with Gasteiger partial charge in [-0.2, -0.15) is 0 Å². The molecule has 0 saturated heterocycles. The lowest BCUT2D eigenvalue weighted by Gasteiger charge is -2.21. The lowest BCUT2D eigenvalue weighted by Crippen LogP contribution is -2.18. The van der Waals surface area contributed by atoms with E-state index < -0.39 is 0 Å². The number of hydrogen-bond donors (Lipinski definition) is 0. The number of aromatic nitrogens is 3. The van der Waals surface area contributed by atoms with Crippen molar-refractivity contribution in [3.8, 4) is 28.3 Å². The van der Waals surface area contributed by atoms with Gasteiger partial charge in [0.2, 0.25) is 5.95 Å². The van der Waals surface area contributed by atoms with Gasteiger partial charge in [0.05, 0.1) is 22.4 Å². The summed E-state index contributed by atoms with van der Waals surface area (Å²) in [6, 6.07) is 60.2. The summed E-state index contributed by atoms with van der Waals surface area (Å²) in [4.78, 5) is 11.5. The second-order valence-corrected chi connectivity index (χ2v) is 17.1. The van der Waals surface area contributed by atoms with E-state index in [1.807, 2.05) is 11.3 Å². The van der Waals surface area contributed by atoms with Crippen molar-refractivity contribution in [3.05, 3.63) is 175 Å². The van der Waals surface area contributed by atoms with Crippen molar-refractivity contribution in [1.82, 2.24) is 14.5 Å². The Balaban J connectivity index is 1.22. The smallest absolute Gasteiger partial charge is 0.235 e. The summed E-state index contributed by atoms with van der Waals surface area (Å²) < 4.78 is 4.90. The summed E-state index contributed by atoms with van der Waals surface area (Å²) in [5.41, 5.74) is 8.71. The predicted octanol–water partition coefficient (Wildman–Crippen LogP) is 14.5. The fourth-order valence-electron chi connectivity index (χ4n) is 10.2. The molecule has 1 aliphatic carbocycles. The molecule has 4 heteroatoms. The van der Waals surface area contributed by atoms with Crippen LogP contribution in [-0.4, -0.2) is 14.5 Å². The van der Waals surface area contributed by atoms with E-state index in [1.165, 1.54) is 85.2 Å². The second-order valence-electron chi connectivity index (χ2n) is 16.1. The van der Waals surface area contributed by atoms with Crippen molar-refractivity contribution in [1.29, 1.82) is 0 Å². The maximum atomic E-state index is 5.77. The van der Waals surface area contributed by atoms with Gasteiger partial charge in [-0.05, 0) is 73.1 Å². The van der Waals surface area contributed by atoms with Gasteiger partial charge in [-0.1, -0.05) is 153 Å². The third-order valence-electron chi connectivity index (χ3n) is 12.7. The molecule has 0 atom stereocenters. The summed E-state index contributed by atoms with van der Waals surface area (Å²) in [5, 5.41) is 15.0. The molecule has 0 bridgehead atoms. The fraction of sp³-hybridized carbons (Fsp3) is 0.0566. The molecule has 9 aromatic carbocycles. The number of rotatable bonds is 2. The van der Waals surface area contributed by atoms with Crippen molar-refractivity contribution in [3.63, 3.8) is 0 Å². The Kier molecular flexibility index (Phi) is 6.12. The zero-order chi connectivity index (χ0) is 37.6. The minimum absolute atomic E-state index is 0.334. The standard InChI is InChI=1S/C53H33N3S/c1-53(2)42-24-11-9-21-39(42)48-49(40-23-13-22-38-35-19-10-12-25-45(35)57-50(38)40)54-52(55-51(48)53)56-43-27-26-37-34-18-6-5-16-32(34)33-17-7-8-20-36(33)46(37)47(43)41-28-30-14-3-4-15-31(30)29-44(41)56/h3-29H,1-2H3. The molecule has 1 aliphatic rings. The molecule has 3 aromatic heterocycles. The Morgan fingerprint density at radius 1 is 0.474 bits per heavy atom. The van der Waals surface area contributed by atoms with E-state index in [9.17, 15) is 0 Å². The van der Waals surface area contributed by atoms with Crippen LogP contribution in [0.2, 0.25) is 0 Å². The van der Waals surface area contributed by atoms with Crippen molar-refractivity contribution in [2.75, 3.05) is 0 Å². The van der Waals surface area contributed by atoms with E-state index >= 15 is 0 Å². The Bertz CT molecular complexity index is 3700. The Hall–Kier alpha value is -6.88. The van der Waals surface area contributed by atoms with E-state index in [2.05, 4.69) is 182 Å². The minimum Gasteiger partial charge on any atom is -0.278 e. The van der Waals surface area contributed by atoms with Crippen LogP contribution in [-0.2, 0) is 5.41 Å². The van der Waals surface area contributed by atoms with Crippen LogP contribution >= 0.6 is 11.3 Å². The van der Waals surface area contributed by atoms with Crippen molar-refractivity contribution in [2.45, 2.75) is 19.3 Å². The molecule has 12 aromatic rings. The zero-order valence-corrected chi connectivity index (χ0v) is 32.2. The lowest BCUT2D eigenvalue weighted by molar-refractivity contribution is 0.632. The average molecular weight is 744 g/mol. The van der Waals surface area contributed by atoms with E-state index in [0.717, 1.165) is 33.5 Å². The molecular weight excluding hydrogens is 711 g/mol. The zero-order valence-electron chi connectivity index (χ0n) is 31.3. The van der Waals surface area contributed by atoms with Gasteiger partial charge < -0.3 is 0 Å². The maximum absolute atomic E-state index is 5.77. The number of nitrogens with zero attached hydrogens (tertiary/aromatic N) is 3. The van der Waals surface area contributed by atoms with Crippen LogP contribution in [0.5, 0.6) is 0 Å². The van der Waals surface area contributed by atoms with Crippen LogP contribution in [0.4, 0.5) is 0 Å². The first-order valence-electron chi connectivity index (χ1n) is 19.7. The molecule has 0 saturated carbocycles. The molecule has 0 amide bonds. The highest BCUT2D eigenvalue weighted by molar-refractivity contribution is 7.26. The molecular formula is C53H33N3S. The van der Waals surface area contributed by atoms with E-state index in [-0.39, 0.29) is 5.41 Å². The molecule has 57 heavy (non-hydrogen) atoms. The van der Waals surface area contributed by atoms with E-state index in [0.29, 0.717) is 5.95 Å². The van der Waals surface area contributed by atoms with Gasteiger partial charge in [-0.3, -0.25) is 4.57 Å². The summed E-state index contributed by atoms with van der Waals surface area (Å²) in [5.74, 6) is 0.697. The van der Waals surface area contributed by atoms with Crippen molar-refractivity contribution >= 4 is 96.4 Å². The molecule has 266 valence electrons.